The van der Waals surface area contributed by atoms with Gasteiger partial charge in [0.05, 0.1) is 12.0 Å². The molecule has 78 valence electrons. The Labute approximate surface area is 79.2 Å². The van der Waals surface area contributed by atoms with Gasteiger partial charge in [-0.15, -0.1) is 0 Å². The molecule has 13 heavy (non-hydrogen) atoms. The molecule has 0 aliphatic rings. The lowest BCUT2D eigenvalue weighted by Crippen LogP contribution is -2.41. The minimum Gasteiger partial charge on any atom is -0.481 e. The molecule has 4 heteroatoms. The zero-order chi connectivity index (χ0) is 10.6. The molecule has 0 saturated heterocycles. The van der Waals surface area contributed by atoms with Crippen molar-refractivity contribution in [2.24, 2.45) is 0 Å². The van der Waals surface area contributed by atoms with Crippen molar-refractivity contribution in [2.75, 3.05) is 13.6 Å². The van der Waals surface area contributed by atoms with E-state index in [2.05, 4.69) is 0 Å². The first kappa shape index (κ1) is 12.4. The normalized spacial score (nSPS) is 14.6. The molecule has 0 saturated carbocycles. The van der Waals surface area contributed by atoms with Crippen LogP contribution in [-0.4, -0.2) is 46.3 Å². The van der Waals surface area contributed by atoms with E-state index in [0.29, 0.717) is 6.54 Å². The Hall–Kier alpha value is -0.610. The minimum atomic E-state index is -0.810. The highest BCUT2D eigenvalue weighted by molar-refractivity contribution is 5.67. The molecule has 0 amide bonds. The zero-order valence-corrected chi connectivity index (χ0v) is 8.74. The largest absolute Gasteiger partial charge is 0.481 e. The minimum absolute atomic E-state index is 0.0519. The molecular formula is C9H19NO3. The highest BCUT2D eigenvalue weighted by Crippen LogP contribution is 2.08. The van der Waals surface area contributed by atoms with Crippen molar-refractivity contribution < 1.29 is 15.0 Å². The van der Waals surface area contributed by atoms with Gasteiger partial charge in [0, 0.05) is 12.6 Å². The van der Waals surface area contributed by atoms with Crippen LogP contribution < -0.4 is 0 Å². The van der Waals surface area contributed by atoms with Crippen LogP contribution in [0.1, 0.15) is 27.2 Å². The molecule has 0 aromatic rings. The van der Waals surface area contributed by atoms with Crippen molar-refractivity contribution in [3.05, 3.63) is 0 Å². The summed E-state index contributed by atoms with van der Waals surface area (Å²) in [6.07, 6.45) is 0.104. The van der Waals surface area contributed by atoms with E-state index in [1.54, 1.807) is 13.8 Å². The third-order valence-electron chi connectivity index (χ3n) is 1.86. The van der Waals surface area contributed by atoms with Crippen LogP contribution >= 0.6 is 0 Å². The molecule has 0 rings (SSSR count). The second kappa shape index (κ2) is 4.58. The second-order valence-corrected chi connectivity index (χ2v) is 4.17. The fourth-order valence-corrected chi connectivity index (χ4v) is 1.17. The van der Waals surface area contributed by atoms with Gasteiger partial charge in [0.2, 0.25) is 0 Å². The van der Waals surface area contributed by atoms with Crippen molar-refractivity contribution in [3.8, 4) is 0 Å². The van der Waals surface area contributed by atoms with Gasteiger partial charge >= 0.3 is 5.97 Å². The number of carboxylic acids is 1. The van der Waals surface area contributed by atoms with Crippen LogP contribution in [0.25, 0.3) is 0 Å². The number of carboxylic acid groups (broad SMARTS) is 1. The van der Waals surface area contributed by atoms with Gasteiger partial charge in [-0.1, -0.05) is 0 Å². The summed E-state index contributed by atoms with van der Waals surface area (Å²) in [4.78, 5) is 12.2. The fraction of sp³-hybridized carbons (Fsp3) is 0.889. The summed E-state index contributed by atoms with van der Waals surface area (Å²) < 4.78 is 0. The molecule has 0 heterocycles. The number of aliphatic hydroxyl groups is 1. The lowest BCUT2D eigenvalue weighted by Gasteiger charge is -2.29. The number of hydrogen-bond acceptors (Lipinski definition) is 3. The Balaban J connectivity index is 3.96. The van der Waals surface area contributed by atoms with Crippen LogP contribution in [-0.2, 0) is 4.79 Å². The molecule has 4 nitrogen and oxygen atoms in total. The summed E-state index contributed by atoms with van der Waals surface area (Å²) in [7, 11) is 1.81. The molecular weight excluding hydrogens is 170 g/mol. The van der Waals surface area contributed by atoms with Gasteiger partial charge in [-0.2, -0.15) is 0 Å². The first-order chi connectivity index (χ1) is 5.72. The molecule has 0 bridgehead atoms. The topological polar surface area (TPSA) is 60.8 Å². The average Bonchev–Trinajstić information content (AvgIpc) is 1.81. The van der Waals surface area contributed by atoms with Crippen LogP contribution in [0, 0.1) is 0 Å². The Bertz CT molecular complexity index is 174. The lowest BCUT2D eigenvalue weighted by atomic mass is 10.1. The van der Waals surface area contributed by atoms with Crippen molar-refractivity contribution >= 4 is 5.97 Å². The summed E-state index contributed by atoms with van der Waals surface area (Å²) in [6.45, 7) is 5.72. The standard InChI is InChI=1S/C9H19NO3/c1-7(5-8(11)12)10(4)6-9(2,3)13/h7,13H,5-6H2,1-4H3,(H,11,12). The van der Waals surface area contributed by atoms with E-state index in [-0.39, 0.29) is 12.5 Å². The number of nitrogens with zero attached hydrogens (tertiary/aromatic N) is 1. The van der Waals surface area contributed by atoms with Gasteiger partial charge in [-0.25, -0.2) is 0 Å². The Morgan fingerprint density at radius 1 is 1.54 bits per heavy atom. The molecule has 1 unspecified atom stereocenters. The summed E-state index contributed by atoms with van der Waals surface area (Å²) >= 11 is 0. The van der Waals surface area contributed by atoms with Gasteiger partial charge in [-0.3, -0.25) is 4.79 Å². The third-order valence-corrected chi connectivity index (χ3v) is 1.86. The van der Waals surface area contributed by atoms with E-state index in [1.165, 1.54) is 0 Å². The van der Waals surface area contributed by atoms with E-state index in [4.69, 9.17) is 5.11 Å². The molecule has 0 aliphatic carbocycles. The van der Waals surface area contributed by atoms with Gasteiger partial charge < -0.3 is 15.1 Å². The van der Waals surface area contributed by atoms with Gasteiger partial charge in [0.15, 0.2) is 0 Å². The average molecular weight is 189 g/mol. The fourth-order valence-electron chi connectivity index (χ4n) is 1.17. The SMILES string of the molecule is CC(CC(=O)O)N(C)CC(C)(C)O. The van der Waals surface area contributed by atoms with Crippen LogP contribution in [0.3, 0.4) is 0 Å². The number of hydrogen-bond donors (Lipinski definition) is 2. The number of carbonyl (C=O) groups is 1. The first-order valence-corrected chi connectivity index (χ1v) is 4.37. The maximum atomic E-state index is 10.4. The Kier molecular flexibility index (Phi) is 4.36. The maximum Gasteiger partial charge on any atom is 0.304 e. The van der Waals surface area contributed by atoms with Crippen molar-refractivity contribution in [1.29, 1.82) is 0 Å². The predicted octanol–water partition coefficient (Wildman–Crippen LogP) is 0.552. The number of aliphatic carboxylic acids is 1. The van der Waals surface area contributed by atoms with Crippen molar-refractivity contribution in [2.45, 2.75) is 38.8 Å². The number of likely N-dealkylation sites (N-methyl/N-ethyl adjacent to an activating group) is 1. The Morgan fingerprint density at radius 2 is 2.00 bits per heavy atom. The van der Waals surface area contributed by atoms with E-state index < -0.39 is 11.6 Å². The number of rotatable bonds is 5. The molecule has 0 aromatic carbocycles. The molecule has 0 spiro atoms. The monoisotopic (exact) mass is 189 g/mol. The smallest absolute Gasteiger partial charge is 0.304 e. The summed E-state index contributed by atoms with van der Waals surface area (Å²) in [5.74, 6) is -0.810. The first-order valence-electron chi connectivity index (χ1n) is 4.37. The van der Waals surface area contributed by atoms with Gasteiger partial charge in [0.25, 0.3) is 0 Å². The molecule has 1 atom stereocenters. The molecule has 0 radical (unpaired) electrons. The Morgan fingerprint density at radius 3 is 2.31 bits per heavy atom. The highest BCUT2D eigenvalue weighted by atomic mass is 16.4. The van der Waals surface area contributed by atoms with Crippen LogP contribution in [0.5, 0.6) is 0 Å². The lowest BCUT2D eigenvalue weighted by molar-refractivity contribution is -0.138. The van der Waals surface area contributed by atoms with Gasteiger partial charge in [-0.05, 0) is 27.8 Å². The molecule has 0 aromatic heterocycles. The van der Waals surface area contributed by atoms with Crippen molar-refractivity contribution in [3.63, 3.8) is 0 Å². The van der Waals surface area contributed by atoms with E-state index in [9.17, 15) is 9.90 Å². The van der Waals surface area contributed by atoms with Crippen LogP contribution in [0.15, 0.2) is 0 Å². The van der Waals surface area contributed by atoms with Crippen LogP contribution in [0.2, 0.25) is 0 Å². The summed E-state index contributed by atoms with van der Waals surface area (Å²) in [5.41, 5.74) is -0.776. The summed E-state index contributed by atoms with van der Waals surface area (Å²) in [6, 6.07) is -0.0519. The van der Waals surface area contributed by atoms with Crippen LogP contribution in [0.4, 0.5) is 0 Å². The highest BCUT2D eigenvalue weighted by Gasteiger charge is 2.20. The molecule has 0 fully saturated rings. The zero-order valence-electron chi connectivity index (χ0n) is 8.74. The maximum absolute atomic E-state index is 10.4. The molecule has 0 aliphatic heterocycles. The predicted molar refractivity (Wildman–Crippen MR) is 50.6 cm³/mol. The summed E-state index contributed by atoms with van der Waals surface area (Å²) in [5, 5.41) is 18.0. The van der Waals surface area contributed by atoms with Gasteiger partial charge in [0.1, 0.15) is 0 Å². The third kappa shape index (κ3) is 6.54. The second-order valence-electron chi connectivity index (χ2n) is 4.17. The van der Waals surface area contributed by atoms with Crippen molar-refractivity contribution in [1.82, 2.24) is 4.90 Å². The van der Waals surface area contributed by atoms with E-state index >= 15 is 0 Å². The molecule has 2 N–H and O–H groups in total. The van der Waals surface area contributed by atoms with E-state index in [1.807, 2.05) is 18.9 Å². The van der Waals surface area contributed by atoms with E-state index in [0.717, 1.165) is 0 Å². The quantitative estimate of drug-likeness (QED) is 0.663.